The fourth-order valence-electron chi connectivity index (χ4n) is 2.69. The first-order chi connectivity index (χ1) is 10.7. The number of methoxy groups -OCH3 is 3. The van der Waals surface area contributed by atoms with Crippen molar-refractivity contribution in [3.8, 4) is 17.2 Å². The van der Waals surface area contributed by atoms with Gasteiger partial charge in [0, 0.05) is 30.3 Å². The Morgan fingerprint density at radius 2 is 1.91 bits per heavy atom. The van der Waals surface area contributed by atoms with Gasteiger partial charge in [-0.3, -0.25) is 4.79 Å². The van der Waals surface area contributed by atoms with E-state index in [2.05, 4.69) is 10.6 Å². The van der Waals surface area contributed by atoms with E-state index in [4.69, 9.17) is 14.2 Å². The molecule has 6 heteroatoms. The van der Waals surface area contributed by atoms with Crippen molar-refractivity contribution in [2.75, 3.05) is 33.2 Å². The Labute approximate surface area is 131 Å². The van der Waals surface area contributed by atoms with Crippen LogP contribution in [0.5, 0.6) is 17.2 Å². The summed E-state index contributed by atoms with van der Waals surface area (Å²) in [6.45, 7) is 1.05. The highest BCUT2D eigenvalue weighted by Crippen LogP contribution is 2.39. The molecule has 1 aliphatic heterocycles. The molecule has 22 heavy (non-hydrogen) atoms. The molecule has 1 unspecified atom stereocenters. The molecule has 0 aliphatic carbocycles. The van der Waals surface area contributed by atoms with E-state index < -0.39 is 0 Å². The van der Waals surface area contributed by atoms with Crippen LogP contribution in [0.2, 0.25) is 0 Å². The summed E-state index contributed by atoms with van der Waals surface area (Å²) in [6.07, 6.45) is 3.70. The van der Waals surface area contributed by atoms with Gasteiger partial charge in [-0.15, -0.1) is 0 Å². The topological polar surface area (TPSA) is 68.8 Å². The van der Waals surface area contributed by atoms with Gasteiger partial charge in [-0.25, -0.2) is 0 Å². The lowest BCUT2D eigenvalue weighted by atomic mass is 10.1. The molecule has 0 radical (unpaired) electrons. The molecule has 0 aromatic heterocycles. The Kier molecular flexibility index (Phi) is 5.89. The molecule has 2 N–H and O–H groups in total. The van der Waals surface area contributed by atoms with E-state index in [9.17, 15) is 4.79 Å². The first kappa shape index (κ1) is 16.4. The molecule has 1 aromatic rings. The van der Waals surface area contributed by atoms with Crippen LogP contribution in [0, 0.1) is 0 Å². The molecule has 1 saturated heterocycles. The van der Waals surface area contributed by atoms with Crippen LogP contribution in [0.3, 0.4) is 0 Å². The van der Waals surface area contributed by atoms with E-state index in [1.165, 1.54) is 6.42 Å². The summed E-state index contributed by atoms with van der Waals surface area (Å²) in [7, 11) is 4.65. The molecule has 0 bridgehead atoms. The van der Waals surface area contributed by atoms with Crippen LogP contribution in [-0.2, 0) is 4.79 Å². The summed E-state index contributed by atoms with van der Waals surface area (Å²) in [4.78, 5) is 12.1. The second-order valence-electron chi connectivity index (χ2n) is 5.29. The minimum atomic E-state index is -0.0111. The predicted molar refractivity (Wildman–Crippen MR) is 85.0 cm³/mol. The van der Waals surface area contributed by atoms with E-state index in [1.54, 1.807) is 33.5 Å². The number of benzene rings is 1. The SMILES string of the molecule is COc1cc(NC(=O)CCC2CCCN2)cc(OC)c1OC. The predicted octanol–water partition coefficient (Wildman–Crippen LogP) is 2.18. The maximum atomic E-state index is 12.1. The van der Waals surface area contributed by atoms with E-state index in [0.29, 0.717) is 35.4 Å². The Morgan fingerprint density at radius 3 is 2.41 bits per heavy atom. The van der Waals surface area contributed by atoms with Crippen LogP contribution in [0.4, 0.5) is 5.69 Å². The summed E-state index contributed by atoms with van der Waals surface area (Å²) in [5.74, 6) is 1.55. The lowest BCUT2D eigenvalue weighted by molar-refractivity contribution is -0.116. The van der Waals surface area contributed by atoms with Gasteiger partial charge in [0.05, 0.1) is 21.3 Å². The van der Waals surface area contributed by atoms with Crippen LogP contribution < -0.4 is 24.8 Å². The zero-order chi connectivity index (χ0) is 15.9. The van der Waals surface area contributed by atoms with Crippen molar-refractivity contribution in [3.05, 3.63) is 12.1 Å². The molecule has 1 amide bonds. The molecular weight excluding hydrogens is 284 g/mol. The minimum absolute atomic E-state index is 0.0111. The van der Waals surface area contributed by atoms with Gasteiger partial charge < -0.3 is 24.8 Å². The van der Waals surface area contributed by atoms with Gasteiger partial charge in [-0.1, -0.05) is 0 Å². The summed E-state index contributed by atoms with van der Waals surface area (Å²) in [6, 6.07) is 3.92. The minimum Gasteiger partial charge on any atom is -0.493 e. The quantitative estimate of drug-likeness (QED) is 0.808. The van der Waals surface area contributed by atoms with Gasteiger partial charge in [0.2, 0.25) is 11.7 Å². The van der Waals surface area contributed by atoms with E-state index in [0.717, 1.165) is 19.4 Å². The third-order valence-corrected chi connectivity index (χ3v) is 3.83. The maximum Gasteiger partial charge on any atom is 0.224 e. The first-order valence-electron chi connectivity index (χ1n) is 7.51. The van der Waals surface area contributed by atoms with Crippen molar-refractivity contribution in [2.45, 2.75) is 31.7 Å². The molecule has 1 atom stereocenters. The third-order valence-electron chi connectivity index (χ3n) is 3.83. The van der Waals surface area contributed by atoms with Crippen molar-refractivity contribution in [1.29, 1.82) is 0 Å². The molecular formula is C16H24N2O4. The summed E-state index contributed by atoms with van der Waals surface area (Å²) >= 11 is 0. The number of hydrogen-bond donors (Lipinski definition) is 2. The molecule has 0 saturated carbocycles. The van der Waals surface area contributed by atoms with Crippen LogP contribution >= 0.6 is 0 Å². The van der Waals surface area contributed by atoms with E-state index >= 15 is 0 Å². The molecule has 6 nitrogen and oxygen atoms in total. The zero-order valence-electron chi connectivity index (χ0n) is 13.4. The smallest absolute Gasteiger partial charge is 0.224 e. The van der Waals surface area contributed by atoms with E-state index in [-0.39, 0.29) is 5.91 Å². The number of ether oxygens (including phenoxy) is 3. The Bertz CT molecular complexity index is 488. The molecule has 0 spiro atoms. The average molecular weight is 308 g/mol. The average Bonchev–Trinajstić information content (AvgIpc) is 3.05. The van der Waals surface area contributed by atoms with Crippen LogP contribution in [0.15, 0.2) is 12.1 Å². The molecule has 1 fully saturated rings. The van der Waals surface area contributed by atoms with Gasteiger partial charge >= 0.3 is 0 Å². The molecule has 2 rings (SSSR count). The van der Waals surface area contributed by atoms with Crippen LogP contribution in [0.25, 0.3) is 0 Å². The van der Waals surface area contributed by atoms with Crippen molar-refractivity contribution < 1.29 is 19.0 Å². The Balaban J connectivity index is 2.00. The number of carbonyl (C=O) groups is 1. The first-order valence-corrected chi connectivity index (χ1v) is 7.51. The largest absolute Gasteiger partial charge is 0.493 e. The maximum absolute atomic E-state index is 12.1. The summed E-state index contributed by atoms with van der Waals surface area (Å²) in [5.41, 5.74) is 0.638. The second-order valence-corrected chi connectivity index (χ2v) is 5.29. The number of carbonyl (C=O) groups excluding carboxylic acids is 1. The number of nitrogens with one attached hydrogen (secondary N) is 2. The standard InChI is InChI=1S/C16H24N2O4/c1-20-13-9-12(10-14(21-2)16(13)22-3)18-15(19)7-6-11-5-4-8-17-11/h9-11,17H,4-8H2,1-3H3,(H,18,19). The van der Waals surface area contributed by atoms with Gasteiger partial charge in [-0.2, -0.15) is 0 Å². The third kappa shape index (κ3) is 4.04. The fourth-order valence-corrected chi connectivity index (χ4v) is 2.69. The van der Waals surface area contributed by atoms with Gasteiger partial charge in [0.1, 0.15) is 0 Å². The Hall–Kier alpha value is -1.95. The van der Waals surface area contributed by atoms with Crippen molar-refractivity contribution >= 4 is 11.6 Å². The zero-order valence-corrected chi connectivity index (χ0v) is 13.4. The number of anilines is 1. The number of rotatable bonds is 7. The highest BCUT2D eigenvalue weighted by atomic mass is 16.5. The summed E-state index contributed by atoms with van der Waals surface area (Å²) in [5, 5.41) is 6.28. The van der Waals surface area contributed by atoms with E-state index in [1.807, 2.05) is 0 Å². The van der Waals surface area contributed by atoms with Gasteiger partial charge in [0.15, 0.2) is 11.5 Å². The molecule has 122 valence electrons. The Morgan fingerprint density at radius 1 is 1.23 bits per heavy atom. The lowest BCUT2D eigenvalue weighted by Gasteiger charge is -2.15. The monoisotopic (exact) mass is 308 g/mol. The highest BCUT2D eigenvalue weighted by Gasteiger charge is 2.17. The molecule has 1 aliphatic rings. The van der Waals surface area contributed by atoms with Crippen molar-refractivity contribution in [1.82, 2.24) is 5.32 Å². The molecule has 1 aromatic carbocycles. The second kappa shape index (κ2) is 7.89. The fraction of sp³-hybridized carbons (Fsp3) is 0.562. The lowest BCUT2D eigenvalue weighted by Crippen LogP contribution is -2.23. The van der Waals surface area contributed by atoms with Gasteiger partial charge in [-0.05, 0) is 25.8 Å². The molecule has 1 heterocycles. The van der Waals surface area contributed by atoms with Crippen LogP contribution in [0.1, 0.15) is 25.7 Å². The van der Waals surface area contributed by atoms with Gasteiger partial charge in [0.25, 0.3) is 0 Å². The number of amides is 1. The summed E-state index contributed by atoms with van der Waals surface area (Å²) < 4.78 is 15.8. The van der Waals surface area contributed by atoms with Crippen molar-refractivity contribution in [3.63, 3.8) is 0 Å². The van der Waals surface area contributed by atoms with Crippen LogP contribution in [-0.4, -0.2) is 39.8 Å². The van der Waals surface area contributed by atoms with Crippen molar-refractivity contribution in [2.24, 2.45) is 0 Å². The number of hydrogen-bond acceptors (Lipinski definition) is 5. The highest BCUT2D eigenvalue weighted by molar-refractivity contribution is 5.91. The normalized spacial score (nSPS) is 17.1.